The number of hydrogen-bond donors (Lipinski definition) is 1. The van der Waals surface area contributed by atoms with Crippen LogP contribution in [0.5, 0.6) is 0 Å². The van der Waals surface area contributed by atoms with Crippen LogP contribution in [0, 0.1) is 5.82 Å². The van der Waals surface area contributed by atoms with E-state index in [2.05, 4.69) is 5.32 Å². The van der Waals surface area contributed by atoms with E-state index in [1.54, 1.807) is 12.1 Å². The molecule has 2 aliphatic rings. The number of halogens is 4. The standard InChI is InChI=1S/C17H21F3N2O.ClH/c18-15-13(12-4-8-21-9-5-12)2-1-3-14(15)16(23)22-10-6-17(19,20)7-11-22;/h1-3,12,21H,4-11H2;1H. The average molecular weight is 363 g/mol. The highest BCUT2D eigenvalue weighted by molar-refractivity contribution is 5.94. The Kier molecular flexibility index (Phi) is 6.15. The Balaban J connectivity index is 0.00000208. The fourth-order valence-corrected chi connectivity index (χ4v) is 3.37. The normalized spacial score (nSPS) is 21.2. The van der Waals surface area contributed by atoms with Crippen molar-refractivity contribution in [3.8, 4) is 0 Å². The number of nitrogens with one attached hydrogen (secondary N) is 1. The maximum absolute atomic E-state index is 14.8. The van der Waals surface area contributed by atoms with Gasteiger partial charge in [0.05, 0.1) is 5.56 Å². The van der Waals surface area contributed by atoms with Gasteiger partial charge in [-0.3, -0.25) is 4.79 Å². The maximum atomic E-state index is 14.8. The van der Waals surface area contributed by atoms with Crippen LogP contribution in [0.4, 0.5) is 13.2 Å². The molecule has 1 N–H and O–H groups in total. The lowest BCUT2D eigenvalue weighted by Crippen LogP contribution is -2.43. The van der Waals surface area contributed by atoms with E-state index in [0.717, 1.165) is 25.9 Å². The first kappa shape index (κ1) is 19.1. The molecule has 0 bridgehead atoms. The number of alkyl halides is 2. The summed E-state index contributed by atoms with van der Waals surface area (Å²) in [6.07, 6.45) is 0.970. The van der Waals surface area contributed by atoms with Crippen LogP contribution in [0.25, 0.3) is 0 Å². The van der Waals surface area contributed by atoms with Crippen LogP contribution in [-0.4, -0.2) is 42.9 Å². The molecule has 2 heterocycles. The van der Waals surface area contributed by atoms with Gasteiger partial charge in [-0.1, -0.05) is 12.1 Å². The van der Waals surface area contributed by atoms with Crippen molar-refractivity contribution in [2.75, 3.05) is 26.2 Å². The summed E-state index contributed by atoms with van der Waals surface area (Å²) < 4.78 is 41.2. The quantitative estimate of drug-likeness (QED) is 0.872. The van der Waals surface area contributed by atoms with Crippen LogP contribution in [0.3, 0.4) is 0 Å². The van der Waals surface area contributed by atoms with Crippen molar-refractivity contribution in [2.45, 2.75) is 37.5 Å². The number of carbonyl (C=O) groups is 1. The number of piperidine rings is 2. The Morgan fingerprint density at radius 2 is 1.79 bits per heavy atom. The lowest BCUT2D eigenvalue weighted by Gasteiger charge is -2.32. The Morgan fingerprint density at radius 1 is 1.17 bits per heavy atom. The Morgan fingerprint density at radius 3 is 2.42 bits per heavy atom. The third kappa shape index (κ3) is 4.03. The smallest absolute Gasteiger partial charge is 0.256 e. The van der Waals surface area contributed by atoms with Crippen molar-refractivity contribution in [3.63, 3.8) is 0 Å². The zero-order valence-corrected chi connectivity index (χ0v) is 14.2. The number of amides is 1. The molecule has 1 amide bonds. The topological polar surface area (TPSA) is 32.3 Å². The highest BCUT2D eigenvalue weighted by atomic mass is 35.5. The molecule has 3 nitrogen and oxygen atoms in total. The van der Waals surface area contributed by atoms with E-state index in [9.17, 15) is 18.0 Å². The Hall–Kier alpha value is -1.27. The van der Waals surface area contributed by atoms with Gasteiger partial charge in [-0.25, -0.2) is 13.2 Å². The molecule has 0 radical (unpaired) electrons. The zero-order valence-electron chi connectivity index (χ0n) is 13.4. The predicted octanol–water partition coefficient (Wildman–Crippen LogP) is 3.59. The molecule has 24 heavy (non-hydrogen) atoms. The SMILES string of the molecule is Cl.O=C(c1cccc(C2CCNCC2)c1F)N1CCC(F)(F)CC1. The summed E-state index contributed by atoms with van der Waals surface area (Å²) in [5.74, 6) is -3.57. The summed E-state index contributed by atoms with van der Waals surface area (Å²) >= 11 is 0. The first-order valence-electron chi connectivity index (χ1n) is 8.14. The molecule has 0 saturated carbocycles. The number of nitrogens with zero attached hydrogens (tertiary/aromatic N) is 1. The van der Waals surface area contributed by atoms with Gasteiger partial charge in [-0.2, -0.15) is 0 Å². The van der Waals surface area contributed by atoms with E-state index in [0.29, 0.717) is 5.56 Å². The molecule has 0 spiro atoms. The van der Waals surface area contributed by atoms with Gasteiger partial charge in [-0.05, 0) is 43.5 Å². The number of carbonyl (C=O) groups excluding carboxylic acids is 1. The van der Waals surface area contributed by atoms with Crippen LogP contribution in [0.1, 0.15) is 47.5 Å². The summed E-state index contributed by atoms with van der Waals surface area (Å²) in [6.45, 7) is 1.62. The first-order valence-corrected chi connectivity index (χ1v) is 8.14. The molecule has 1 aromatic carbocycles. The minimum absolute atomic E-state index is 0. The summed E-state index contributed by atoms with van der Waals surface area (Å²) in [5.41, 5.74) is 0.575. The molecule has 0 aliphatic carbocycles. The summed E-state index contributed by atoms with van der Waals surface area (Å²) in [4.78, 5) is 13.8. The first-order chi connectivity index (χ1) is 11.0. The van der Waals surface area contributed by atoms with Gasteiger partial charge in [0.2, 0.25) is 0 Å². The largest absolute Gasteiger partial charge is 0.338 e. The van der Waals surface area contributed by atoms with E-state index < -0.39 is 17.6 Å². The summed E-state index contributed by atoms with van der Waals surface area (Å²) in [6, 6.07) is 4.87. The highest BCUT2D eigenvalue weighted by Crippen LogP contribution is 2.31. The molecule has 2 aliphatic heterocycles. The van der Waals surface area contributed by atoms with E-state index in [-0.39, 0.29) is 49.8 Å². The second kappa shape index (κ2) is 7.74. The molecule has 2 saturated heterocycles. The molecule has 3 rings (SSSR count). The van der Waals surface area contributed by atoms with Crippen molar-refractivity contribution < 1.29 is 18.0 Å². The summed E-state index contributed by atoms with van der Waals surface area (Å²) in [5, 5.41) is 3.23. The van der Waals surface area contributed by atoms with E-state index in [1.807, 2.05) is 0 Å². The van der Waals surface area contributed by atoms with Crippen LogP contribution in [0.2, 0.25) is 0 Å². The van der Waals surface area contributed by atoms with Gasteiger partial charge in [0.1, 0.15) is 5.82 Å². The van der Waals surface area contributed by atoms with Crippen molar-refractivity contribution in [1.29, 1.82) is 0 Å². The van der Waals surface area contributed by atoms with Gasteiger partial charge in [0.25, 0.3) is 11.8 Å². The molecule has 7 heteroatoms. The van der Waals surface area contributed by atoms with E-state index in [4.69, 9.17) is 0 Å². The molecule has 134 valence electrons. The molecule has 0 atom stereocenters. The van der Waals surface area contributed by atoms with Crippen molar-refractivity contribution in [2.24, 2.45) is 0 Å². The number of likely N-dealkylation sites (tertiary alicyclic amines) is 1. The molecule has 1 aromatic rings. The monoisotopic (exact) mass is 362 g/mol. The second-order valence-electron chi connectivity index (χ2n) is 6.38. The Bertz CT molecular complexity index is 581. The minimum atomic E-state index is -2.72. The fraction of sp³-hybridized carbons (Fsp3) is 0.588. The van der Waals surface area contributed by atoms with Gasteiger partial charge < -0.3 is 10.2 Å². The second-order valence-corrected chi connectivity index (χ2v) is 6.38. The van der Waals surface area contributed by atoms with Crippen molar-refractivity contribution in [3.05, 3.63) is 35.1 Å². The predicted molar refractivity (Wildman–Crippen MR) is 88.6 cm³/mol. The average Bonchev–Trinajstić information content (AvgIpc) is 2.55. The maximum Gasteiger partial charge on any atom is 0.256 e. The van der Waals surface area contributed by atoms with Gasteiger partial charge in [0, 0.05) is 25.9 Å². The van der Waals surface area contributed by atoms with Crippen LogP contribution < -0.4 is 5.32 Å². The summed E-state index contributed by atoms with van der Waals surface area (Å²) in [7, 11) is 0. The highest BCUT2D eigenvalue weighted by Gasteiger charge is 2.36. The lowest BCUT2D eigenvalue weighted by molar-refractivity contribution is -0.0494. The Labute approximate surface area is 146 Å². The van der Waals surface area contributed by atoms with E-state index >= 15 is 0 Å². The van der Waals surface area contributed by atoms with Gasteiger partial charge >= 0.3 is 0 Å². The van der Waals surface area contributed by atoms with Crippen LogP contribution in [-0.2, 0) is 0 Å². The molecule has 0 unspecified atom stereocenters. The minimum Gasteiger partial charge on any atom is -0.338 e. The zero-order chi connectivity index (χ0) is 16.4. The van der Waals surface area contributed by atoms with Crippen LogP contribution >= 0.6 is 12.4 Å². The van der Waals surface area contributed by atoms with E-state index in [1.165, 1.54) is 11.0 Å². The molecule has 0 aromatic heterocycles. The fourth-order valence-electron chi connectivity index (χ4n) is 3.37. The van der Waals surface area contributed by atoms with Gasteiger partial charge in [-0.15, -0.1) is 12.4 Å². The molecule has 2 fully saturated rings. The lowest BCUT2D eigenvalue weighted by atomic mass is 9.88. The van der Waals surface area contributed by atoms with Crippen molar-refractivity contribution >= 4 is 18.3 Å². The van der Waals surface area contributed by atoms with Gasteiger partial charge in [0.15, 0.2) is 0 Å². The molecular weight excluding hydrogens is 341 g/mol. The number of hydrogen-bond acceptors (Lipinski definition) is 2. The van der Waals surface area contributed by atoms with Crippen LogP contribution in [0.15, 0.2) is 18.2 Å². The third-order valence-corrected chi connectivity index (χ3v) is 4.82. The third-order valence-electron chi connectivity index (χ3n) is 4.82. The molecular formula is C17H22ClF3N2O. The number of benzene rings is 1. The number of rotatable bonds is 2. The van der Waals surface area contributed by atoms with Crippen molar-refractivity contribution in [1.82, 2.24) is 10.2 Å².